The number of fused-ring (bicyclic) bond motifs is 3. The van der Waals surface area contributed by atoms with Crippen molar-refractivity contribution < 1.29 is 5.48 Å². The molecule has 0 unspecified atom stereocenters. The molecule has 0 spiro atoms. The Balaban J connectivity index is 1.04. The molecule has 0 saturated carbocycles. The van der Waals surface area contributed by atoms with Crippen LogP contribution in [0.25, 0.3) is 117 Å². The van der Waals surface area contributed by atoms with Crippen molar-refractivity contribution in [2.45, 2.75) is 0 Å². The van der Waals surface area contributed by atoms with Crippen LogP contribution in [-0.4, -0.2) is 19.5 Å². The van der Waals surface area contributed by atoms with Crippen molar-refractivity contribution in [1.29, 1.82) is 0 Å². The summed E-state index contributed by atoms with van der Waals surface area (Å²) in [7, 11) is 0. The zero-order chi connectivity index (χ0) is 48.0. The molecule has 0 fully saturated rings. The van der Waals surface area contributed by atoms with Crippen LogP contribution in [0.4, 0.5) is 0 Å². The van der Waals surface area contributed by atoms with E-state index in [0.29, 0.717) is 28.4 Å². The van der Waals surface area contributed by atoms with Crippen molar-refractivity contribution in [2.24, 2.45) is 0 Å². The Morgan fingerprint density at radius 3 is 1.28 bits per heavy atom. The molecular formula is C63H42N4. The van der Waals surface area contributed by atoms with E-state index in [1.807, 2.05) is 126 Å². The quantitative estimate of drug-likeness (QED) is 0.145. The van der Waals surface area contributed by atoms with E-state index in [-0.39, 0.29) is 24.2 Å². The predicted octanol–water partition coefficient (Wildman–Crippen LogP) is 16.3. The summed E-state index contributed by atoms with van der Waals surface area (Å²) >= 11 is 0. The lowest BCUT2D eigenvalue weighted by molar-refractivity contribution is 1.07. The Morgan fingerprint density at radius 2 is 0.701 bits per heavy atom. The molecule has 12 aromatic rings. The second kappa shape index (κ2) is 17.2. The van der Waals surface area contributed by atoms with Crippen LogP contribution in [0.3, 0.4) is 0 Å². The minimum Gasteiger partial charge on any atom is -0.309 e. The van der Waals surface area contributed by atoms with E-state index in [9.17, 15) is 2.74 Å². The zero-order valence-electron chi connectivity index (χ0n) is 40.2. The Hall–Kier alpha value is -8.99. The molecule has 2 heterocycles. The number of hydrogen-bond donors (Lipinski definition) is 0. The maximum Gasteiger partial charge on any atom is 0.164 e. The molecule has 0 bridgehead atoms. The summed E-state index contributed by atoms with van der Waals surface area (Å²) < 4.78 is 38.3. The maximum absolute atomic E-state index is 9.40. The zero-order valence-corrected chi connectivity index (χ0v) is 36.2. The monoisotopic (exact) mass is 858 g/mol. The van der Waals surface area contributed by atoms with Crippen LogP contribution in [0.1, 0.15) is 5.48 Å². The molecule has 4 heteroatoms. The molecule has 0 N–H and O–H groups in total. The second-order valence-corrected chi connectivity index (χ2v) is 16.5. The number of benzene rings is 10. The molecule has 12 rings (SSSR count). The third kappa shape index (κ3) is 7.67. The molecular weight excluding hydrogens is 813 g/mol. The van der Waals surface area contributed by atoms with Crippen LogP contribution >= 0.6 is 0 Å². The Kier molecular flexibility index (Phi) is 9.07. The standard InChI is InChI=1S/C63H42N4/c1-5-17-43(18-6-1)47-31-33-48(34-32-47)61-64-62(66-63(65-61)51-26-15-25-50(39-51)44-19-7-2-8-20-44)49-35-37-55(38-36-49)67-59-30-14-13-27-57(59)58-29-16-28-56(60(58)67)54-41-52(45-21-9-3-10-22-45)40-53(42-54)46-23-11-4-12-24-46/h1-42H/i13D,14D,27D,30D. The molecule has 67 heavy (non-hydrogen) atoms. The van der Waals surface area contributed by atoms with Crippen LogP contribution < -0.4 is 0 Å². The van der Waals surface area contributed by atoms with Crippen molar-refractivity contribution in [3.63, 3.8) is 0 Å². The first-order valence-electron chi connectivity index (χ1n) is 24.3. The van der Waals surface area contributed by atoms with Crippen molar-refractivity contribution in [3.8, 4) is 95.5 Å². The number of nitrogens with zero attached hydrogens (tertiary/aromatic N) is 4. The first-order chi connectivity index (χ1) is 34.9. The van der Waals surface area contributed by atoms with Gasteiger partial charge in [0, 0.05) is 38.7 Å². The molecule has 0 saturated heterocycles. The first-order valence-corrected chi connectivity index (χ1v) is 22.3. The Morgan fingerprint density at radius 1 is 0.299 bits per heavy atom. The summed E-state index contributed by atoms with van der Waals surface area (Å²) in [5, 5.41) is 1.19. The van der Waals surface area contributed by atoms with E-state index in [2.05, 4.69) is 109 Å². The van der Waals surface area contributed by atoms with Crippen molar-refractivity contribution in [2.75, 3.05) is 0 Å². The molecule has 314 valence electrons. The third-order valence-electron chi connectivity index (χ3n) is 12.4. The van der Waals surface area contributed by atoms with Gasteiger partial charge in [0.15, 0.2) is 17.5 Å². The van der Waals surface area contributed by atoms with Crippen LogP contribution in [0.5, 0.6) is 0 Å². The fraction of sp³-hybridized carbons (Fsp3) is 0. The first kappa shape index (κ1) is 35.4. The lowest BCUT2D eigenvalue weighted by Crippen LogP contribution is -2.01. The largest absolute Gasteiger partial charge is 0.309 e. The summed E-state index contributed by atoms with van der Waals surface area (Å²) in [5.74, 6) is 1.56. The maximum atomic E-state index is 9.40. The molecule has 2 aromatic heterocycles. The van der Waals surface area contributed by atoms with E-state index in [1.54, 1.807) is 0 Å². The molecule has 4 nitrogen and oxygen atoms in total. The van der Waals surface area contributed by atoms with Gasteiger partial charge in [-0.25, -0.2) is 15.0 Å². The summed E-state index contributed by atoms with van der Waals surface area (Å²) in [6.07, 6.45) is 0. The summed E-state index contributed by atoms with van der Waals surface area (Å²) in [4.78, 5) is 15.3. The molecule has 0 atom stereocenters. The van der Waals surface area contributed by atoms with Crippen LogP contribution in [0, 0.1) is 0 Å². The fourth-order valence-corrected chi connectivity index (χ4v) is 9.07. The van der Waals surface area contributed by atoms with Crippen molar-refractivity contribution >= 4 is 21.8 Å². The average Bonchev–Trinajstić information content (AvgIpc) is 3.81. The van der Waals surface area contributed by atoms with Gasteiger partial charge in [0.25, 0.3) is 0 Å². The van der Waals surface area contributed by atoms with Crippen molar-refractivity contribution in [3.05, 3.63) is 255 Å². The molecule has 0 aliphatic carbocycles. The molecule has 0 aliphatic rings. The topological polar surface area (TPSA) is 43.6 Å². The van der Waals surface area contributed by atoms with Crippen LogP contribution in [0.2, 0.25) is 0 Å². The molecule has 0 amide bonds. The number of rotatable bonds is 9. The Bertz CT molecular complexity index is 3880. The van der Waals surface area contributed by atoms with E-state index >= 15 is 0 Å². The highest BCUT2D eigenvalue weighted by atomic mass is 15.0. The summed E-state index contributed by atoms with van der Waals surface area (Å²) in [6, 6.07) is 77.5. The number of aromatic nitrogens is 4. The highest BCUT2D eigenvalue weighted by Gasteiger charge is 2.19. The molecule has 0 aliphatic heterocycles. The SMILES string of the molecule is [2H]c1c([2H])c([2H])c2c(c1[2H])c1cccc(-c3cc(-c4ccccc4)cc(-c4ccccc4)c3)c1n2-c1ccc(-c2nc(-c3ccc(-c4ccccc4)cc3)nc(-c3cccc(-c4ccccc4)c3)n2)cc1. The summed E-state index contributed by atoms with van der Waals surface area (Å²) in [5.41, 5.74) is 14.8. The second-order valence-electron chi connectivity index (χ2n) is 16.5. The smallest absolute Gasteiger partial charge is 0.164 e. The number of hydrogen-bond acceptors (Lipinski definition) is 3. The van der Waals surface area contributed by atoms with Gasteiger partial charge in [-0.15, -0.1) is 0 Å². The van der Waals surface area contributed by atoms with Gasteiger partial charge < -0.3 is 4.57 Å². The van der Waals surface area contributed by atoms with Gasteiger partial charge in [0.1, 0.15) is 0 Å². The Labute approximate surface area is 395 Å². The normalized spacial score (nSPS) is 12.1. The van der Waals surface area contributed by atoms with Gasteiger partial charge in [0.2, 0.25) is 0 Å². The van der Waals surface area contributed by atoms with Gasteiger partial charge in [-0.05, 0) is 105 Å². The fourth-order valence-electron chi connectivity index (χ4n) is 9.07. The van der Waals surface area contributed by atoms with E-state index < -0.39 is 0 Å². The van der Waals surface area contributed by atoms with Crippen LogP contribution in [0.15, 0.2) is 255 Å². The van der Waals surface area contributed by atoms with Gasteiger partial charge in [0.05, 0.1) is 16.5 Å². The van der Waals surface area contributed by atoms with Crippen molar-refractivity contribution in [1.82, 2.24) is 19.5 Å². The van der Waals surface area contributed by atoms with E-state index in [4.69, 9.17) is 17.7 Å². The lowest BCUT2D eigenvalue weighted by Gasteiger charge is -2.15. The van der Waals surface area contributed by atoms with Gasteiger partial charge >= 0.3 is 0 Å². The van der Waals surface area contributed by atoms with Gasteiger partial charge in [-0.2, -0.15) is 0 Å². The highest BCUT2D eigenvalue weighted by Crippen LogP contribution is 2.41. The average molecular weight is 859 g/mol. The summed E-state index contributed by atoms with van der Waals surface area (Å²) in [6.45, 7) is 0. The minimum absolute atomic E-state index is 0.0834. The highest BCUT2D eigenvalue weighted by molar-refractivity contribution is 6.14. The lowest BCUT2D eigenvalue weighted by atomic mass is 9.92. The van der Waals surface area contributed by atoms with Crippen LogP contribution in [-0.2, 0) is 0 Å². The third-order valence-corrected chi connectivity index (χ3v) is 12.4. The van der Waals surface area contributed by atoms with E-state index in [0.717, 1.165) is 88.9 Å². The van der Waals surface area contributed by atoms with Gasteiger partial charge in [-0.1, -0.05) is 200 Å². The van der Waals surface area contributed by atoms with E-state index in [1.165, 1.54) is 0 Å². The predicted molar refractivity (Wildman–Crippen MR) is 278 cm³/mol. The minimum atomic E-state index is -0.291. The van der Waals surface area contributed by atoms with Gasteiger partial charge in [-0.3, -0.25) is 0 Å². The number of para-hydroxylation sites is 2. The molecule has 10 aromatic carbocycles. The molecule has 0 radical (unpaired) electrons.